The smallest absolute Gasteiger partial charge is 0.261 e. The van der Waals surface area contributed by atoms with Crippen molar-refractivity contribution in [3.05, 3.63) is 94.5 Å². The van der Waals surface area contributed by atoms with E-state index in [1.54, 1.807) is 18.2 Å². The third kappa shape index (κ3) is 4.59. The summed E-state index contributed by atoms with van der Waals surface area (Å²) < 4.78 is 35.5. The highest BCUT2D eigenvalue weighted by atomic mass is 79.9. The maximum atomic E-state index is 13.1. The molecule has 34 heavy (non-hydrogen) atoms. The van der Waals surface area contributed by atoms with Gasteiger partial charge in [-0.15, -0.1) is 0 Å². The van der Waals surface area contributed by atoms with E-state index in [0.717, 1.165) is 27.9 Å². The number of nitrogens with one attached hydrogen (secondary N) is 2. The van der Waals surface area contributed by atoms with Crippen LogP contribution in [0.3, 0.4) is 0 Å². The topological polar surface area (TPSA) is 67.4 Å². The van der Waals surface area contributed by atoms with Gasteiger partial charge in [0, 0.05) is 21.8 Å². The van der Waals surface area contributed by atoms with Crippen LogP contribution in [0.15, 0.2) is 88.3 Å². The van der Waals surface area contributed by atoms with Crippen molar-refractivity contribution >= 4 is 37.3 Å². The van der Waals surface area contributed by atoms with Crippen LogP contribution in [0.25, 0.3) is 0 Å². The minimum absolute atomic E-state index is 0.137. The van der Waals surface area contributed by atoms with Gasteiger partial charge in [0.15, 0.2) is 0 Å². The normalized spacial score (nSPS) is 21.0. The summed E-state index contributed by atoms with van der Waals surface area (Å²) in [5.74, 6) is 1.35. The fourth-order valence-electron chi connectivity index (χ4n) is 4.83. The van der Waals surface area contributed by atoms with E-state index in [1.165, 1.54) is 5.56 Å². The first-order chi connectivity index (χ1) is 16.3. The van der Waals surface area contributed by atoms with Gasteiger partial charge in [0.25, 0.3) is 10.0 Å². The fraction of sp³-hybridized carbons (Fsp3) is 0.259. The fourth-order valence-corrected chi connectivity index (χ4v) is 6.19. The monoisotopic (exact) mass is 538 g/mol. The van der Waals surface area contributed by atoms with Gasteiger partial charge in [-0.2, -0.15) is 0 Å². The molecule has 3 aromatic rings. The maximum absolute atomic E-state index is 13.1. The molecule has 2 N–H and O–H groups in total. The Hall–Kier alpha value is -2.77. The molecular formula is C27H27BrN2O3S. The molecule has 0 amide bonds. The van der Waals surface area contributed by atoms with Crippen LogP contribution in [-0.2, 0) is 10.0 Å². The first-order valence-corrected chi connectivity index (χ1v) is 13.7. The summed E-state index contributed by atoms with van der Waals surface area (Å²) in [5.41, 5.74) is 3.73. The average Bonchev–Trinajstić information content (AvgIpc) is 3.30. The second-order valence-electron chi connectivity index (χ2n) is 9.07. The quantitative estimate of drug-likeness (QED) is 0.336. The lowest BCUT2D eigenvalue weighted by Gasteiger charge is -2.37. The summed E-state index contributed by atoms with van der Waals surface area (Å²) in [6, 6.07) is 20.9. The predicted octanol–water partition coefficient (Wildman–Crippen LogP) is 6.86. The van der Waals surface area contributed by atoms with E-state index in [9.17, 15) is 8.42 Å². The molecule has 3 atom stereocenters. The number of hydrogen-bond acceptors (Lipinski definition) is 4. The Morgan fingerprint density at radius 3 is 2.47 bits per heavy atom. The molecule has 0 radical (unpaired) electrons. The van der Waals surface area contributed by atoms with Crippen LogP contribution in [0.2, 0.25) is 0 Å². The minimum atomic E-state index is -3.70. The molecule has 2 aliphatic rings. The van der Waals surface area contributed by atoms with Crippen molar-refractivity contribution in [2.45, 2.75) is 43.2 Å². The van der Waals surface area contributed by atoms with Crippen molar-refractivity contribution in [3.63, 3.8) is 0 Å². The summed E-state index contributed by atoms with van der Waals surface area (Å²) in [4.78, 5) is 0.267. The Balaban J connectivity index is 1.43. The molecule has 1 heterocycles. The van der Waals surface area contributed by atoms with E-state index in [1.807, 2.05) is 50.2 Å². The van der Waals surface area contributed by atoms with Gasteiger partial charge in [0.05, 0.1) is 17.0 Å². The first kappa shape index (κ1) is 23.0. The lowest BCUT2D eigenvalue weighted by Crippen LogP contribution is -2.29. The van der Waals surface area contributed by atoms with Crippen molar-refractivity contribution in [1.82, 2.24) is 0 Å². The molecule has 0 bridgehead atoms. The highest BCUT2D eigenvalue weighted by molar-refractivity contribution is 9.10. The molecule has 1 aliphatic heterocycles. The van der Waals surface area contributed by atoms with Crippen molar-refractivity contribution in [2.75, 3.05) is 10.0 Å². The van der Waals surface area contributed by atoms with Crippen LogP contribution in [-0.4, -0.2) is 14.5 Å². The van der Waals surface area contributed by atoms with E-state index in [4.69, 9.17) is 4.74 Å². The number of allylic oxidation sites excluding steroid dienone is 2. The van der Waals surface area contributed by atoms with Crippen molar-refractivity contribution < 1.29 is 13.2 Å². The van der Waals surface area contributed by atoms with Crippen LogP contribution in [0, 0.1) is 5.92 Å². The second kappa shape index (κ2) is 9.12. The molecule has 0 spiro atoms. The summed E-state index contributed by atoms with van der Waals surface area (Å²) in [6.07, 6.45) is 5.50. The van der Waals surface area contributed by atoms with Crippen LogP contribution >= 0.6 is 15.9 Å². The van der Waals surface area contributed by atoms with Crippen molar-refractivity contribution in [2.24, 2.45) is 5.92 Å². The van der Waals surface area contributed by atoms with Crippen LogP contribution in [0.1, 0.15) is 43.4 Å². The van der Waals surface area contributed by atoms with E-state index in [2.05, 4.69) is 50.3 Å². The molecule has 0 aromatic heterocycles. The number of hydrogen-bond donors (Lipinski definition) is 2. The third-order valence-electron chi connectivity index (χ3n) is 6.35. The van der Waals surface area contributed by atoms with Gasteiger partial charge in [-0.05, 0) is 91.9 Å². The van der Waals surface area contributed by atoms with Gasteiger partial charge in [-0.3, -0.25) is 4.72 Å². The Morgan fingerprint density at radius 2 is 1.76 bits per heavy atom. The number of anilines is 2. The molecular weight excluding hydrogens is 512 g/mol. The predicted molar refractivity (Wildman–Crippen MR) is 140 cm³/mol. The zero-order valence-corrected chi connectivity index (χ0v) is 21.4. The zero-order chi connectivity index (χ0) is 23.9. The van der Waals surface area contributed by atoms with Crippen LogP contribution < -0.4 is 14.8 Å². The van der Waals surface area contributed by atoms with E-state index in [0.29, 0.717) is 11.6 Å². The van der Waals surface area contributed by atoms with E-state index < -0.39 is 10.0 Å². The Bertz CT molecular complexity index is 1320. The largest absolute Gasteiger partial charge is 0.491 e. The molecule has 176 valence electrons. The summed E-state index contributed by atoms with van der Waals surface area (Å²) in [5, 5.41) is 3.68. The third-order valence-corrected chi connectivity index (χ3v) is 8.26. The van der Waals surface area contributed by atoms with Gasteiger partial charge in [0.2, 0.25) is 0 Å². The lowest BCUT2D eigenvalue weighted by atomic mass is 9.77. The highest BCUT2D eigenvalue weighted by Crippen LogP contribution is 2.50. The maximum Gasteiger partial charge on any atom is 0.261 e. The van der Waals surface area contributed by atoms with E-state index >= 15 is 0 Å². The molecule has 0 saturated heterocycles. The first-order valence-electron chi connectivity index (χ1n) is 11.4. The van der Waals surface area contributed by atoms with Crippen LogP contribution in [0.4, 0.5) is 11.4 Å². The number of sulfonamides is 1. The standard InChI is InChI=1S/C27H27BrN2O3S/c1-17(2)33-21-12-6-18(7-13-21)27-24-5-3-4-23(24)25-16-22(14-15-26(25)29-27)34(31,32)30-20-10-8-19(28)9-11-20/h3-4,6-17,23-24,27,29-30H,5H2,1-2H3/t23-,24+,27+/m0/s1. The molecule has 0 fully saturated rings. The lowest BCUT2D eigenvalue weighted by molar-refractivity contribution is 0.242. The van der Waals surface area contributed by atoms with E-state index in [-0.39, 0.29) is 23.0 Å². The van der Waals surface area contributed by atoms with Crippen LogP contribution in [0.5, 0.6) is 5.75 Å². The highest BCUT2D eigenvalue weighted by Gasteiger charge is 2.38. The Labute approximate surface area is 209 Å². The molecule has 7 heteroatoms. The molecule has 1 aliphatic carbocycles. The Kier molecular flexibility index (Phi) is 6.16. The molecule has 0 saturated carbocycles. The molecule has 0 unspecified atom stereocenters. The SMILES string of the molecule is CC(C)Oc1ccc([C@H]2Nc3ccc(S(=O)(=O)Nc4ccc(Br)cc4)cc3[C@H]3C=CC[C@H]32)cc1. The van der Waals surface area contributed by atoms with Gasteiger partial charge in [-0.1, -0.05) is 40.2 Å². The van der Waals surface area contributed by atoms with Crippen molar-refractivity contribution in [1.29, 1.82) is 0 Å². The van der Waals surface area contributed by atoms with Crippen molar-refractivity contribution in [3.8, 4) is 5.75 Å². The molecule has 5 nitrogen and oxygen atoms in total. The number of ether oxygens (including phenoxy) is 1. The minimum Gasteiger partial charge on any atom is -0.491 e. The van der Waals surface area contributed by atoms with Gasteiger partial charge >= 0.3 is 0 Å². The number of benzene rings is 3. The average molecular weight is 539 g/mol. The second-order valence-corrected chi connectivity index (χ2v) is 11.7. The summed E-state index contributed by atoms with van der Waals surface area (Å²) in [6.45, 7) is 4.04. The number of fused-ring (bicyclic) bond motifs is 3. The molecule has 3 aromatic carbocycles. The number of rotatable bonds is 6. The number of halogens is 1. The Morgan fingerprint density at radius 1 is 1.03 bits per heavy atom. The van der Waals surface area contributed by atoms with Gasteiger partial charge in [-0.25, -0.2) is 8.42 Å². The molecule has 5 rings (SSSR count). The summed E-state index contributed by atoms with van der Waals surface area (Å²) >= 11 is 3.37. The summed E-state index contributed by atoms with van der Waals surface area (Å²) in [7, 11) is -3.70. The van der Waals surface area contributed by atoms with Gasteiger partial charge in [0.1, 0.15) is 5.75 Å². The zero-order valence-electron chi connectivity index (χ0n) is 19.0. The van der Waals surface area contributed by atoms with Gasteiger partial charge < -0.3 is 10.1 Å².